The predicted octanol–water partition coefficient (Wildman–Crippen LogP) is 8.51. The van der Waals surface area contributed by atoms with E-state index in [-0.39, 0.29) is 17.9 Å². The van der Waals surface area contributed by atoms with Crippen LogP contribution in [0.2, 0.25) is 0 Å². The number of carbonyl (C=O) groups excluding carboxylic acids is 2. The Morgan fingerprint density at radius 1 is 0.710 bits per heavy atom. The van der Waals surface area contributed by atoms with Crippen molar-refractivity contribution in [1.82, 2.24) is 4.90 Å². The molecule has 1 heterocycles. The average molecular weight is 434 g/mol. The highest BCUT2D eigenvalue weighted by atomic mass is 16.2. The molecule has 1 unspecified atom stereocenters. The second-order valence-electron chi connectivity index (χ2n) is 9.65. The van der Waals surface area contributed by atoms with E-state index in [2.05, 4.69) is 26.8 Å². The van der Waals surface area contributed by atoms with Crippen LogP contribution in [0.15, 0.2) is 11.6 Å². The fourth-order valence-electron chi connectivity index (χ4n) is 4.72. The van der Waals surface area contributed by atoms with E-state index in [1.165, 1.54) is 102 Å². The number of imide groups is 1. The van der Waals surface area contributed by atoms with Gasteiger partial charge in [0.15, 0.2) is 0 Å². The number of unbranched alkanes of at least 4 members (excludes halogenated alkanes) is 15. The van der Waals surface area contributed by atoms with Gasteiger partial charge in [-0.25, -0.2) is 0 Å². The second-order valence-corrected chi connectivity index (χ2v) is 9.65. The molecule has 1 rings (SSSR count). The van der Waals surface area contributed by atoms with Crippen LogP contribution in [0.4, 0.5) is 0 Å². The molecule has 3 nitrogen and oxygen atoms in total. The molecule has 1 fully saturated rings. The molecular weight excluding hydrogens is 382 g/mol. The van der Waals surface area contributed by atoms with Gasteiger partial charge in [-0.1, -0.05) is 122 Å². The Hall–Kier alpha value is -1.12. The maximum atomic E-state index is 12.3. The zero-order chi connectivity index (χ0) is 22.7. The molecule has 0 aliphatic carbocycles. The van der Waals surface area contributed by atoms with Crippen molar-refractivity contribution in [3.8, 4) is 0 Å². The van der Waals surface area contributed by atoms with E-state index < -0.39 is 0 Å². The van der Waals surface area contributed by atoms with E-state index >= 15 is 0 Å². The molecule has 0 radical (unpaired) electrons. The first-order valence-electron chi connectivity index (χ1n) is 13.6. The van der Waals surface area contributed by atoms with Crippen LogP contribution in [0.5, 0.6) is 0 Å². The van der Waals surface area contributed by atoms with Crippen molar-refractivity contribution in [2.75, 3.05) is 0 Å². The van der Waals surface area contributed by atoms with Crippen LogP contribution in [0.25, 0.3) is 0 Å². The Morgan fingerprint density at radius 3 is 1.61 bits per heavy atom. The summed E-state index contributed by atoms with van der Waals surface area (Å²) in [4.78, 5) is 26.3. The zero-order valence-corrected chi connectivity index (χ0v) is 21.1. The maximum Gasteiger partial charge on any atom is 0.230 e. The summed E-state index contributed by atoms with van der Waals surface area (Å²) in [5.41, 5.74) is 1.23. The monoisotopic (exact) mass is 433 g/mol. The van der Waals surface area contributed by atoms with E-state index in [1.54, 1.807) is 4.90 Å². The minimum absolute atomic E-state index is 0.00297. The van der Waals surface area contributed by atoms with Crippen molar-refractivity contribution in [3.05, 3.63) is 11.6 Å². The fraction of sp³-hybridized carbons (Fsp3) is 0.857. The van der Waals surface area contributed by atoms with Gasteiger partial charge in [0.25, 0.3) is 0 Å². The minimum Gasteiger partial charge on any atom is -0.275 e. The number of hydrogen-bond acceptors (Lipinski definition) is 2. The molecule has 180 valence electrons. The summed E-state index contributed by atoms with van der Waals surface area (Å²) in [6, 6.07) is -0.00297. The van der Waals surface area contributed by atoms with Crippen molar-refractivity contribution < 1.29 is 9.59 Å². The smallest absolute Gasteiger partial charge is 0.230 e. The first-order valence-corrected chi connectivity index (χ1v) is 13.6. The highest BCUT2D eigenvalue weighted by Gasteiger charge is 2.35. The van der Waals surface area contributed by atoms with Crippen molar-refractivity contribution in [2.24, 2.45) is 0 Å². The lowest BCUT2D eigenvalue weighted by molar-refractivity contribution is -0.140. The van der Waals surface area contributed by atoms with E-state index in [9.17, 15) is 9.59 Å². The molecule has 0 bridgehead atoms. The third-order valence-corrected chi connectivity index (χ3v) is 6.78. The van der Waals surface area contributed by atoms with E-state index in [0.717, 1.165) is 19.3 Å². The van der Waals surface area contributed by atoms with Crippen molar-refractivity contribution in [2.45, 2.75) is 155 Å². The van der Waals surface area contributed by atoms with Crippen molar-refractivity contribution >= 4 is 11.8 Å². The molecular formula is C28H51NO2. The van der Waals surface area contributed by atoms with Crippen molar-refractivity contribution in [3.63, 3.8) is 0 Å². The van der Waals surface area contributed by atoms with E-state index in [1.807, 2.05) is 0 Å². The topological polar surface area (TPSA) is 37.4 Å². The number of rotatable bonds is 20. The lowest BCUT2D eigenvalue weighted by Crippen LogP contribution is -2.40. The third kappa shape index (κ3) is 12.5. The molecule has 1 aliphatic rings. The van der Waals surface area contributed by atoms with Gasteiger partial charge in [0, 0.05) is 12.8 Å². The first-order chi connectivity index (χ1) is 15.1. The molecule has 31 heavy (non-hydrogen) atoms. The highest BCUT2D eigenvalue weighted by molar-refractivity contribution is 6.02. The summed E-state index contributed by atoms with van der Waals surface area (Å²) < 4.78 is 0. The molecule has 0 aromatic heterocycles. The average Bonchev–Trinajstić information content (AvgIpc) is 3.09. The largest absolute Gasteiger partial charge is 0.275 e. The lowest BCUT2D eigenvalue weighted by Gasteiger charge is -2.27. The van der Waals surface area contributed by atoms with Gasteiger partial charge < -0.3 is 0 Å². The minimum atomic E-state index is -0.00297. The molecule has 0 spiro atoms. The zero-order valence-electron chi connectivity index (χ0n) is 21.1. The Balaban J connectivity index is 2.33. The molecule has 2 amide bonds. The first kappa shape index (κ1) is 27.9. The van der Waals surface area contributed by atoms with Crippen molar-refractivity contribution in [1.29, 1.82) is 0 Å². The summed E-state index contributed by atoms with van der Waals surface area (Å²) in [6.45, 7) is 6.65. The highest BCUT2D eigenvalue weighted by Crippen LogP contribution is 2.25. The van der Waals surface area contributed by atoms with Crippen LogP contribution in [-0.2, 0) is 9.59 Å². The molecule has 3 heteroatoms. The standard InChI is InChI=1S/C28H51NO2/c1-4-6-8-10-12-13-14-15-16-17-19-21-25(3)26(22-20-18-11-9-7-5-2)29-27(30)23-24-28(29)31/h21,26H,4-20,22-24H2,1-3H3. The molecule has 1 saturated heterocycles. The summed E-state index contributed by atoms with van der Waals surface area (Å²) in [5.74, 6) is 0.0698. The Labute approximate surface area is 193 Å². The van der Waals surface area contributed by atoms with Gasteiger partial charge >= 0.3 is 0 Å². The number of carbonyl (C=O) groups is 2. The number of hydrogen-bond donors (Lipinski definition) is 0. The Kier molecular flexibility index (Phi) is 16.6. The second kappa shape index (κ2) is 18.5. The van der Waals surface area contributed by atoms with E-state index in [4.69, 9.17) is 0 Å². The van der Waals surface area contributed by atoms with Crippen LogP contribution < -0.4 is 0 Å². The van der Waals surface area contributed by atoms with E-state index in [0.29, 0.717) is 12.8 Å². The van der Waals surface area contributed by atoms with Gasteiger partial charge in [-0.2, -0.15) is 0 Å². The summed E-state index contributed by atoms with van der Waals surface area (Å²) in [7, 11) is 0. The summed E-state index contributed by atoms with van der Waals surface area (Å²) in [5, 5.41) is 0. The van der Waals surface area contributed by atoms with Crippen LogP contribution in [0, 0.1) is 0 Å². The maximum absolute atomic E-state index is 12.3. The van der Waals surface area contributed by atoms with Gasteiger partial charge in [-0.15, -0.1) is 0 Å². The van der Waals surface area contributed by atoms with Crippen LogP contribution in [-0.4, -0.2) is 22.8 Å². The molecule has 0 aromatic rings. The molecule has 1 atom stereocenters. The Bertz CT molecular complexity index is 495. The third-order valence-electron chi connectivity index (χ3n) is 6.78. The number of likely N-dealkylation sites (tertiary alicyclic amines) is 1. The van der Waals surface area contributed by atoms with Gasteiger partial charge in [-0.05, 0) is 26.2 Å². The SMILES string of the molecule is CCCCCCCCCCCCC=C(C)C(CCCCCCCC)N1C(=O)CCC1=O. The molecule has 1 aliphatic heterocycles. The van der Waals surface area contributed by atoms with Gasteiger partial charge in [0.1, 0.15) is 0 Å². The van der Waals surface area contributed by atoms with Gasteiger partial charge in [0.05, 0.1) is 6.04 Å². The normalized spacial score (nSPS) is 15.8. The number of nitrogens with zero attached hydrogens (tertiary/aromatic N) is 1. The van der Waals surface area contributed by atoms with Crippen LogP contribution in [0.3, 0.4) is 0 Å². The number of amides is 2. The van der Waals surface area contributed by atoms with Crippen LogP contribution in [0.1, 0.15) is 149 Å². The molecule has 0 N–H and O–H groups in total. The quantitative estimate of drug-likeness (QED) is 0.110. The number of allylic oxidation sites excluding steroid dienone is 1. The Morgan fingerprint density at radius 2 is 1.13 bits per heavy atom. The molecule has 0 aromatic carbocycles. The molecule has 0 saturated carbocycles. The predicted molar refractivity (Wildman–Crippen MR) is 133 cm³/mol. The summed E-state index contributed by atoms with van der Waals surface area (Å²) in [6.07, 6.45) is 26.1. The van der Waals surface area contributed by atoms with Crippen LogP contribution >= 0.6 is 0 Å². The van der Waals surface area contributed by atoms with Gasteiger partial charge in [0.2, 0.25) is 11.8 Å². The van der Waals surface area contributed by atoms with Gasteiger partial charge in [-0.3, -0.25) is 14.5 Å². The lowest BCUT2D eigenvalue weighted by atomic mass is 9.97. The summed E-state index contributed by atoms with van der Waals surface area (Å²) >= 11 is 0. The fourth-order valence-corrected chi connectivity index (χ4v) is 4.72.